The Morgan fingerprint density at radius 1 is 0.365 bits per heavy atom. The summed E-state index contributed by atoms with van der Waals surface area (Å²) in [5.74, 6) is 0. The molecule has 8 aromatic carbocycles. The molecule has 0 saturated carbocycles. The minimum atomic E-state index is 0.895. The Hall–Kier alpha value is -6.62. The number of anilines is 3. The quantitative estimate of drug-likeness (QED) is 0.181. The fraction of sp³-hybridized carbons (Fsp3) is 0. The van der Waals surface area contributed by atoms with E-state index >= 15 is 0 Å². The molecule has 11 rings (SSSR count). The second kappa shape index (κ2) is 11.5. The van der Waals surface area contributed by atoms with Crippen LogP contribution in [0.25, 0.3) is 86.3 Å². The summed E-state index contributed by atoms with van der Waals surface area (Å²) in [4.78, 5) is 2.41. The summed E-state index contributed by atoms with van der Waals surface area (Å²) in [6.45, 7) is 0. The van der Waals surface area contributed by atoms with E-state index in [4.69, 9.17) is 8.83 Å². The second-order valence-electron chi connectivity index (χ2n) is 13.2. The molecule has 3 aromatic heterocycles. The van der Waals surface area contributed by atoms with Crippen molar-refractivity contribution in [1.29, 1.82) is 0 Å². The molecule has 0 fully saturated rings. The molecule has 0 aliphatic rings. The van der Waals surface area contributed by atoms with Crippen molar-refractivity contribution < 1.29 is 8.83 Å². The molecule has 0 spiro atoms. The van der Waals surface area contributed by atoms with Crippen molar-refractivity contribution in [2.45, 2.75) is 0 Å². The molecule has 0 aliphatic heterocycles. The van der Waals surface area contributed by atoms with Crippen molar-refractivity contribution in [3.8, 4) is 22.3 Å². The zero-order chi connectivity index (χ0) is 34.2. The highest BCUT2D eigenvalue weighted by molar-refractivity contribution is 7.26. The Labute approximate surface area is 303 Å². The average molecular weight is 684 g/mol. The van der Waals surface area contributed by atoms with Gasteiger partial charge in [-0.05, 0) is 89.0 Å². The third-order valence-corrected chi connectivity index (χ3v) is 11.4. The summed E-state index contributed by atoms with van der Waals surface area (Å²) in [6, 6.07) is 62.6. The highest BCUT2D eigenvalue weighted by Gasteiger charge is 2.21. The fourth-order valence-corrected chi connectivity index (χ4v) is 9.13. The maximum Gasteiger partial charge on any atom is 0.136 e. The van der Waals surface area contributed by atoms with E-state index in [1.807, 2.05) is 35.6 Å². The summed E-state index contributed by atoms with van der Waals surface area (Å²) in [5, 5.41) is 7.07. The van der Waals surface area contributed by atoms with Gasteiger partial charge in [-0.1, -0.05) is 109 Å². The van der Waals surface area contributed by atoms with Crippen molar-refractivity contribution in [3.63, 3.8) is 0 Å². The molecule has 0 radical (unpaired) electrons. The van der Waals surface area contributed by atoms with Crippen LogP contribution >= 0.6 is 11.3 Å². The van der Waals surface area contributed by atoms with E-state index < -0.39 is 0 Å². The smallest absolute Gasteiger partial charge is 0.136 e. The number of rotatable bonds is 5. The summed E-state index contributed by atoms with van der Waals surface area (Å²) < 4.78 is 15.1. The molecule has 0 bridgehead atoms. The third kappa shape index (κ3) is 4.45. The summed E-state index contributed by atoms with van der Waals surface area (Å²) >= 11 is 1.84. The van der Waals surface area contributed by atoms with E-state index in [1.54, 1.807) is 0 Å². The molecule has 3 nitrogen and oxygen atoms in total. The lowest BCUT2D eigenvalue weighted by atomic mass is 9.98. The van der Waals surface area contributed by atoms with Gasteiger partial charge in [0.2, 0.25) is 0 Å². The fourth-order valence-electron chi connectivity index (χ4n) is 8.00. The molecule has 0 amide bonds. The molecule has 0 atom stereocenters. The molecule has 52 heavy (non-hydrogen) atoms. The van der Waals surface area contributed by atoms with E-state index in [0.29, 0.717) is 0 Å². The van der Waals surface area contributed by atoms with Crippen LogP contribution in [0.1, 0.15) is 0 Å². The summed E-state index contributed by atoms with van der Waals surface area (Å²) in [5.41, 5.74) is 11.5. The van der Waals surface area contributed by atoms with Gasteiger partial charge in [-0.2, -0.15) is 0 Å². The van der Waals surface area contributed by atoms with Crippen molar-refractivity contribution in [2.75, 3.05) is 4.90 Å². The van der Waals surface area contributed by atoms with Crippen molar-refractivity contribution in [1.82, 2.24) is 0 Å². The highest BCUT2D eigenvalue weighted by Crippen LogP contribution is 2.47. The Bertz CT molecular complexity index is 3150. The van der Waals surface area contributed by atoms with Gasteiger partial charge in [-0.15, -0.1) is 11.3 Å². The van der Waals surface area contributed by atoms with E-state index in [2.05, 4.69) is 157 Å². The van der Waals surface area contributed by atoms with E-state index in [0.717, 1.165) is 83.2 Å². The molecule has 11 aromatic rings. The van der Waals surface area contributed by atoms with Gasteiger partial charge in [0, 0.05) is 53.1 Å². The van der Waals surface area contributed by atoms with Gasteiger partial charge in [0.25, 0.3) is 0 Å². The van der Waals surface area contributed by atoms with Gasteiger partial charge in [0.1, 0.15) is 22.3 Å². The van der Waals surface area contributed by atoms with Gasteiger partial charge < -0.3 is 13.7 Å². The number of hydrogen-bond acceptors (Lipinski definition) is 4. The van der Waals surface area contributed by atoms with Crippen LogP contribution < -0.4 is 4.90 Å². The minimum Gasteiger partial charge on any atom is -0.456 e. The lowest BCUT2D eigenvalue weighted by molar-refractivity contribution is 0.668. The predicted octanol–water partition coefficient (Wildman–Crippen LogP) is 14.7. The highest BCUT2D eigenvalue weighted by atomic mass is 32.1. The lowest BCUT2D eigenvalue weighted by Crippen LogP contribution is -2.10. The van der Waals surface area contributed by atoms with Crippen LogP contribution in [0.5, 0.6) is 0 Å². The van der Waals surface area contributed by atoms with Crippen LogP contribution in [0, 0.1) is 0 Å². The first-order valence-electron chi connectivity index (χ1n) is 17.5. The average Bonchev–Trinajstić information content (AvgIpc) is 3.90. The largest absolute Gasteiger partial charge is 0.456 e. The molecule has 0 aliphatic carbocycles. The molecular weight excluding hydrogens is 655 g/mol. The summed E-state index contributed by atoms with van der Waals surface area (Å²) in [6.07, 6.45) is 0. The van der Waals surface area contributed by atoms with E-state index in [9.17, 15) is 0 Å². The third-order valence-electron chi connectivity index (χ3n) is 10.3. The van der Waals surface area contributed by atoms with Gasteiger partial charge in [0.05, 0.1) is 5.69 Å². The van der Waals surface area contributed by atoms with Gasteiger partial charge in [-0.3, -0.25) is 0 Å². The predicted molar refractivity (Wildman–Crippen MR) is 219 cm³/mol. The Kier molecular flexibility index (Phi) is 6.42. The zero-order valence-electron chi connectivity index (χ0n) is 27.9. The SMILES string of the molecule is c1cc(-c2cccc3oc4ccccc4c23)cc(N(c2ccc(-c3cccc4oc5ccccc5c34)cc2)c2cccc3sc4ccccc4c23)c1. The Morgan fingerprint density at radius 3 is 1.63 bits per heavy atom. The zero-order valence-corrected chi connectivity index (χ0v) is 28.7. The van der Waals surface area contributed by atoms with Gasteiger partial charge >= 0.3 is 0 Å². The molecule has 0 saturated heterocycles. The number of nitrogens with zero attached hydrogens (tertiary/aromatic N) is 1. The molecule has 4 heteroatoms. The van der Waals surface area contributed by atoms with Crippen LogP contribution in [-0.4, -0.2) is 0 Å². The maximum atomic E-state index is 6.29. The van der Waals surface area contributed by atoms with E-state index in [1.165, 1.54) is 20.2 Å². The van der Waals surface area contributed by atoms with Crippen LogP contribution in [0.2, 0.25) is 0 Å². The van der Waals surface area contributed by atoms with Crippen LogP contribution in [0.15, 0.2) is 185 Å². The number of benzene rings is 8. The topological polar surface area (TPSA) is 29.5 Å². The van der Waals surface area contributed by atoms with Crippen LogP contribution in [-0.2, 0) is 0 Å². The first kappa shape index (κ1) is 29.1. The number of para-hydroxylation sites is 2. The first-order valence-corrected chi connectivity index (χ1v) is 18.3. The number of thiophene rings is 1. The lowest BCUT2D eigenvalue weighted by Gasteiger charge is -2.27. The number of hydrogen-bond donors (Lipinski definition) is 0. The van der Waals surface area contributed by atoms with Gasteiger partial charge in [0.15, 0.2) is 0 Å². The monoisotopic (exact) mass is 683 g/mol. The molecule has 3 heterocycles. The van der Waals surface area contributed by atoms with Crippen molar-refractivity contribution in [3.05, 3.63) is 176 Å². The first-order chi connectivity index (χ1) is 25.8. The molecule has 0 unspecified atom stereocenters. The van der Waals surface area contributed by atoms with E-state index in [-0.39, 0.29) is 0 Å². The number of fused-ring (bicyclic) bond motifs is 9. The molecule has 244 valence electrons. The molecular formula is C48H29NO2S. The normalized spacial score (nSPS) is 11.8. The second-order valence-corrected chi connectivity index (χ2v) is 14.3. The Morgan fingerprint density at radius 2 is 0.923 bits per heavy atom. The van der Waals surface area contributed by atoms with Crippen LogP contribution in [0.4, 0.5) is 17.1 Å². The van der Waals surface area contributed by atoms with Crippen molar-refractivity contribution in [2.24, 2.45) is 0 Å². The minimum absolute atomic E-state index is 0.895. The summed E-state index contributed by atoms with van der Waals surface area (Å²) in [7, 11) is 0. The maximum absolute atomic E-state index is 6.29. The Balaban J connectivity index is 1.12. The van der Waals surface area contributed by atoms with Crippen LogP contribution in [0.3, 0.4) is 0 Å². The standard InChI is InChI=1S/C48H29NO2S/c1-4-19-40-36(13-1)46-34(16-8-21-42(46)50-40)30-25-27-32(28-26-30)49(39-18-10-24-45-48(39)38-15-3-6-23-44(38)52-45)33-12-7-11-31(29-33)35-17-9-22-43-47(35)37-14-2-5-20-41(37)51-43/h1-29H. The van der Waals surface area contributed by atoms with Gasteiger partial charge in [-0.25, -0.2) is 0 Å². The van der Waals surface area contributed by atoms with Crippen molar-refractivity contribution >= 4 is 92.4 Å². The number of furan rings is 2. The molecule has 0 N–H and O–H groups in total.